The van der Waals surface area contributed by atoms with Crippen LogP contribution in [0.25, 0.3) is 0 Å². The van der Waals surface area contributed by atoms with Crippen LogP contribution >= 0.6 is 0 Å². The van der Waals surface area contributed by atoms with Gasteiger partial charge in [-0.3, -0.25) is 0 Å². The Kier molecular flexibility index (Phi) is 11.1. The largest absolute Gasteiger partial charge is 0.440 e. The fourth-order valence-electron chi connectivity index (χ4n) is 1.42. The van der Waals surface area contributed by atoms with Crippen LogP contribution in [-0.4, -0.2) is 31.8 Å². The van der Waals surface area contributed by atoms with Gasteiger partial charge in [0.2, 0.25) is 5.88 Å². The lowest BCUT2D eigenvalue weighted by atomic mass is 10.2. The van der Waals surface area contributed by atoms with E-state index in [2.05, 4.69) is 30.1 Å². The van der Waals surface area contributed by atoms with E-state index in [1.807, 2.05) is 32.1 Å². The minimum Gasteiger partial charge on any atom is -0.440 e. The number of rotatable bonds is 9. The van der Waals surface area contributed by atoms with Crippen LogP contribution in [0.15, 0.2) is 40.9 Å². The second-order valence-corrected chi connectivity index (χ2v) is 4.43. The van der Waals surface area contributed by atoms with Crippen molar-refractivity contribution < 1.29 is 4.74 Å². The number of hydrogen-bond donors (Lipinski definition) is 0. The van der Waals surface area contributed by atoms with Crippen molar-refractivity contribution in [1.82, 2.24) is 4.90 Å². The Labute approximate surface area is 122 Å². The number of aliphatic imine (C=N–C) groups is 1. The topological polar surface area (TPSA) is 48.6 Å². The molecule has 0 N–H and O–H groups in total. The summed E-state index contributed by atoms with van der Waals surface area (Å²) in [5, 5.41) is 8.59. The summed E-state index contributed by atoms with van der Waals surface area (Å²) in [6, 6.07) is 2.05. The first-order valence-corrected chi connectivity index (χ1v) is 6.85. The van der Waals surface area contributed by atoms with Gasteiger partial charge in [0.15, 0.2) is 0 Å². The maximum absolute atomic E-state index is 8.59. The van der Waals surface area contributed by atoms with Crippen LogP contribution in [0.5, 0.6) is 0 Å². The van der Waals surface area contributed by atoms with Crippen LogP contribution in [0.4, 0.5) is 0 Å². The highest BCUT2D eigenvalue weighted by atomic mass is 16.5. The first-order valence-electron chi connectivity index (χ1n) is 6.85. The molecule has 20 heavy (non-hydrogen) atoms. The van der Waals surface area contributed by atoms with E-state index in [4.69, 9.17) is 10.00 Å². The molecule has 0 saturated heterocycles. The summed E-state index contributed by atoms with van der Waals surface area (Å²) in [6.45, 7) is 4.80. The van der Waals surface area contributed by atoms with E-state index in [9.17, 15) is 0 Å². The second kappa shape index (κ2) is 12.2. The first kappa shape index (κ1) is 18.1. The molecule has 0 amide bonds. The summed E-state index contributed by atoms with van der Waals surface area (Å²) in [5.41, 5.74) is 0. The molecule has 0 unspecified atom stereocenters. The van der Waals surface area contributed by atoms with Gasteiger partial charge in [-0.2, -0.15) is 5.26 Å². The van der Waals surface area contributed by atoms with Crippen LogP contribution in [0.1, 0.15) is 33.1 Å². The molecular weight excluding hydrogens is 250 g/mol. The quantitative estimate of drug-likeness (QED) is 0.279. The lowest BCUT2D eigenvalue weighted by molar-refractivity contribution is 0.315. The number of nitrogens with zero attached hydrogens (tertiary/aromatic N) is 3. The molecule has 0 aliphatic rings. The number of unbranched alkanes of at least 4 members (excludes halogenated alkanes) is 1. The summed E-state index contributed by atoms with van der Waals surface area (Å²) in [4.78, 5) is 6.26. The minimum atomic E-state index is 0.288. The highest BCUT2D eigenvalue weighted by Gasteiger charge is 1.98. The van der Waals surface area contributed by atoms with Crippen molar-refractivity contribution in [3.05, 3.63) is 35.9 Å². The number of allylic oxidation sites excluding steroid dienone is 4. The maximum Gasteiger partial charge on any atom is 0.215 e. The molecule has 0 rings (SSSR count). The Balaban J connectivity index is 4.39. The normalized spacial score (nSPS) is 13.4. The Morgan fingerprint density at radius 3 is 2.65 bits per heavy atom. The van der Waals surface area contributed by atoms with Crippen molar-refractivity contribution in [2.24, 2.45) is 4.99 Å². The molecule has 0 atom stereocenters. The van der Waals surface area contributed by atoms with Gasteiger partial charge in [0, 0.05) is 6.21 Å². The van der Waals surface area contributed by atoms with Crippen molar-refractivity contribution in [1.29, 1.82) is 5.26 Å². The Morgan fingerprint density at radius 1 is 1.35 bits per heavy atom. The van der Waals surface area contributed by atoms with E-state index >= 15 is 0 Å². The molecule has 0 heterocycles. The minimum absolute atomic E-state index is 0.288. The zero-order valence-corrected chi connectivity index (χ0v) is 13.0. The van der Waals surface area contributed by atoms with Crippen molar-refractivity contribution in [2.75, 3.05) is 20.6 Å². The molecule has 0 aromatic heterocycles. The molecule has 0 aromatic carbocycles. The number of hydrogen-bond acceptors (Lipinski definition) is 4. The van der Waals surface area contributed by atoms with Gasteiger partial charge in [-0.1, -0.05) is 6.08 Å². The average Bonchev–Trinajstić information content (AvgIpc) is 2.42. The average molecular weight is 275 g/mol. The Morgan fingerprint density at radius 2 is 2.10 bits per heavy atom. The lowest BCUT2D eigenvalue weighted by Gasteiger charge is -2.07. The van der Waals surface area contributed by atoms with Gasteiger partial charge in [0.1, 0.15) is 5.76 Å². The van der Waals surface area contributed by atoms with Crippen molar-refractivity contribution in [3.8, 4) is 6.07 Å². The Bertz CT molecular complexity index is 412. The van der Waals surface area contributed by atoms with Gasteiger partial charge in [-0.05, 0) is 65.6 Å². The van der Waals surface area contributed by atoms with Gasteiger partial charge in [-0.15, -0.1) is 0 Å². The predicted octanol–water partition coefficient (Wildman–Crippen LogP) is 3.65. The molecule has 0 aliphatic carbocycles. The lowest BCUT2D eigenvalue weighted by Crippen LogP contribution is -2.12. The van der Waals surface area contributed by atoms with Crippen LogP contribution in [-0.2, 0) is 4.74 Å². The van der Waals surface area contributed by atoms with Crippen molar-refractivity contribution in [2.45, 2.75) is 33.1 Å². The SMILES string of the molecule is CC=N/C(=C\CC#N)OC(/C=C\CCCN(C)C)=C/C. The molecule has 0 fully saturated rings. The first-order chi connectivity index (χ1) is 9.63. The van der Waals surface area contributed by atoms with E-state index in [0.29, 0.717) is 5.88 Å². The summed E-state index contributed by atoms with van der Waals surface area (Å²) in [6.07, 6.45) is 11.7. The van der Waals surface area contributed by atoms with Gasteiger partial charge in [-0.25, -0.2) is 4.99 Å². The number of ether oxygens (including phenoxy) is 1. The molecule has 0 saturated carbocycles. The van der Waals surface area contributed by atoms with E-state index in [0.717, 1.165) is 25.1 Å². The van der Waals surface area contributed by atoms with Crippen LogP contribution in [0.2, 0.25) is 0 Å². The summed E-state index contributed by atoms with van der Waals surface area (Å²) >= 11 is 0. The molecular formula is C16H25N3O. The van der Waals surface area contributed by atoms with E-state index < -0.39 is 0 Å². The zero-order valence-electron chi connectivity index (χ0n) is 13.0. The summed E-state index contributed by atoms with van der Waals surface area (Å²) < 4.78 is 5.65. The summed E-state index contributed by atoms with van der Waals surface area (Å²) in [7, 11) is 4.14. The standard InChI is InChI=1S/C16H25N3O/c1-5-15(11-8-7-9-14-19(3)4)20-16(18-6-2)12-10-13-17/h5-6,8,11-12H,7,9-10,14H2,1-4H3/b11-8-,15-5+,16-12+,18-6?. The molecule has 110 valence electrons. The van der Waals surface area contributed by atoms with Crippen molar-refractivity contribution >= 4 is 6.21 Å². The van der Waals surface area contributed by atoms with Gasteiger partial charge < -0.3 is 9.64 Å². The molecule has 0 radical (unpaired) electrons. The van der Waals surface area contributed by atoms with Crippen molar-refractivity contribution in [3.63, 3.8) is 0 Å². The molecule has 4 nitrogen and oxygen atoms in total. The zero-order chi connectivity index (χ0) is 15.2. The van der Waals surface area contributed by atoms with Gasteiger partial charge >= 0.3 is 0 Å². The smallest absolute Gasteiger partial charge is 0.215 e. The molecule has 0 bridgehead atoms. The van der Waals surface area contributed by atoms with Gasteiger partial charge in [0.25, 0.3) is 0 Å². The molecule has 0 spiro atoms. The summed E-state index contributed by atoms with van der Waals surface area (Å²) in [5.74, 6) is 1.20. The fraction of sp³-hybridized carbons (Fsp3) is 0.500. The Hall–Kier alpha value is -1.86. The highest BCUT2D eigenvalue weighted by Crippen LogP contribution is 2.10. The third-order valence-corrected chi connectivity index (χ3v) is 2.39. The van der Waals surface area contributed by atoms with Crippen LogP contribution in [0.3, 0.4) is 0 Å². The molecule has 0 aromatic rings. The predicted molar refractivity (Wildman–Crippen MR) is 84.2 cm³/mol. The fourth-order valence-corrected chi connectivity index (χ4v) is 1.42. The van der Waals surface area contributed by atoms with Gasteiger partial charge in [0.05, 0.1) is 12.5 Å². The van der Waals surface area contributed by atoms with E-state index in [1.54, 1.807) is 12.3 Å². The van der Waals surface area contributed by atoms with Crippen LogP contribution < -0.4 is 0 Å². The molecule has 0 aliphatic heterocycles. The van der Waals surface area contributed by atoms with E-state index in [-0.39, 0.29) is 6.42 Å². The maximum atomic E-state index is 8.59. The third-order valence-electron chi connectivity index (χ3n) is 2.39. The molecule has 4 heteroatoms. The second-order valence-electron chi connectivity index (χ2n) is 4.43. The monoisotopic (exact) mass is 275 g/mol. The number of nitriles is 1. The van der Waals surface area contributed by atoms with E-state index in [1.165, 1.54) is 0 Å². The van der Waals surface area contributed by atoms with Crippen LogP contribution in [0, 0.1) is 11.3 Å². The third kappa shape index (κ3) is 10.1. The highest BCUT2D eigenvalue weighted by molar-refractivity contribution is 5.54.